The minimum absolute atomic E-state index is 0.282. The topological polar surface area (TPSA) is 58.2 Å². The van der Waals surface area contributed by atoms with E-state index < -0.39 is 53.1 Å². The Morgan fingerprint density at radius 2 is 1.06 bits per heavy atom. The standard InChI is InChI=1S/C20H13F11N2O2/c21-16(22,17(23,24)18(25,26)19(27,28)20(29,30)31)15(35)33-13-9-5-4-8-12(13)32-14(34)10-11-6-2-1-3-7-11/h1-9H,10H2,(H,32,34)(H,33,35). The van der Waals surface area contributed by atoms with E-state index in [1.165, 1.54) is 18.2 Å². The maximum atomic E-state index is 13.9. The van der Waals surface area contributed by atoms with Gasteiger partial charge in [0.1, 0.15) is 0 Å². The second-order valence-corrected chi connectivity index (χ2v) is 7.01. The molecule has 0 saturated carbocycles. The van der Waals surface area contributed by atoms with Crippen LogP contribution >= 0.6 is 0 Å². The van der Waals surface area contributed by atoms with Crippen molar-refractivity contribution in [2.45, 2.75) is 36.3 Å². The number of benzene rings is 2. The van der Waals surface area contributed by atoms with E-state index in [2.05, 4.69) is 5.32 Å². The van der Waals surface area contributed by atoms with Crippen LogP contribution < -0.4 is 10.6 Å². The van der Waals surface area contributed by atoms with Crippen LogP contribution in [0, 0.1) is 0 Å². The van der Waals surface area contributed by atoms with Gasteiger partial charge in [-0.15, -0.1) is 0 Å². The van der Waals surface area contributed by atoms with Gasteiger partial charge >= 0.3 is 35.8 Å². The number of para-hydroxylation sites is 2. The summed E-state index contributed by atoms with van der Waals surface area (Å²) >= 11 is 0. The predicted molar refractivity (Wildman–Crippen MR) is 99.7 cm³/mol. The summed E-state index contributed by atoms with van der Waals surface area (Å²) in [5.41, 5.74) is -0.876. The molecule has 0 spiro atoms. The summed E-state index contributed by atoms with van der Waals surface area (Å²) in [6, 6.07) is 11.8. The van der Waals surface area contributed by atoms with Crippen LogP contribution in [0.25, 0.3) is 0 Å². The number of carbonyl (C=O) groups excluding carboxylic acids is 2. The maximum absolute atomic E-state index is 13.9. The van der Waals surface area contributed by atoms with Crippen molar-refractivity contribution >= 4 is 23.2 Å². The Morgan fingerprint density at radius 3 is 1.54 bits per heavy atom. The van der Waals surface area contributed by atoms with Crippen LogP contribution in [0.15, 0.2) is 54.6 Å². The lowest BCUT2D eigenvalue weighted by atomic mass is 9.97. The summed E-state index contributed by atoms with van der Waals surface area (Å²) in [5.74, 6) is -33.7. The Labute approximate surface area is 189 Å². The van der Waals surface area contributed by atoms with E-state index in [1.54, 1.807) is 18.2 Å². The summed E-state index contributed by atoms with van der Waals surface area (Å²) < 4.78 is 144. The molecule has 0 unspecified atom stereocenters. The van der Waals surface area contributed by atoms with E-state index in [9.17, 15) is 57.9 Å². The summed E-state index contributed by atoms with van der Waals surface area (Å²) in [4.78, 5) is 23.9. The van der Waals surface area contributed by atoms with Gasteiger partial charge in [0, 0.05) is 0 Å². The third-order valence-electron chi connectivity index (χ3n) is 4.48. The first-order valence-electron chi connectivity index (χ1n) is 9.18. The molecule has 0 saturated heterocycles. The van der Waals surface area contributed by atoms with Crippen molar-refractivity contribution < 1.29 is 57.9 Å². The fraction of sp³-hybridized carbons (Fsp3) is 0.300. The van der Waals surface area contributed by atoms with Crippen LogP contribution in [0.1, 0.15) is 5.56 Å². The summed E-state index contributed by atoms with van der Waals surface area (Å²) in [6.07, 6.45) is -7.63. The lowest BCUT2D eigenvalue weighted by molar-refractivity contribution is -0.416. The Balaban J connectivity index is 2.29. The van der Waals surface area contributed by atoms with Crippen molar-refractivity contribution in [1.82, 2.24) is 0 Å². The summed E-state index contributed by atoms with van der Waals surface area (Å²) in [5, 5.41) is 3.17. The lowest BCUT2D eigenvalue weighted by Crippen LogP contribution is -2.68. The zero-order valence-electron chi connectivity index (χ0n) is 16.9. The molecule has 0 aliphatic carbocycles. The first-order chi connectivity index (χ1) is 15.9. The van der Waals surface area contributed by atoms with Gasteiger partial charge in [0.15, 0.2) is 0 Å². The number of carbonyl (C=O) groups is 2. The number of halogens is 11. The smallest absolute Gasteiger partial charge is 0.324 e. The molecule has 35 heavy (non-hydrogen) atoms. The molecule has 0 aromatic heterocycles. The monoisotopic (exact) mass is 522 g/mol. The predicted octanol–water partition coefficient (Wildman–Crippen LogP) is 5.91. The molecule has 0 aliphatic rings. The number of hydrogen-bond donors (Lipinski definition) is 2. The fourth-order valence-electron chi connectivity index (χ4n) is 2.59. The third-order valence-corrected chi connectivity index (χ3v) is 4.48. The highest BCUT2D eigenvalue weighted by molar-refractivity contribution is 6.02. The molecule has 4 nitrogen and oxygen atoms in total. The number of alkyl halides is 11. The quantitative estimate of drug-likeness (QED) is 0.424. The normalized spacial score (nSPS) is 13.3. The molecule has 0 atom stereocenters. The van der Waals surface area contributed by atoms with Crippen molar-refractivity contribution in [1.29, 1.82) is 0 Å². The second kappa shape index (κ2) is 9.34. The molecule has 2 aromatic carbocycles. The molecular formula is C20H13F11N2O2. The molecule has 2 aromatic rings. The molecule has 0 fully saturated rings. The van der Waals surface area contributed by atoms with Crippen LogP contribution in [0.4, 0.5) is 59.7 Å². The second-order valence-electron chi connectivity index (χ2n) is 7.01. The molecule has 0 radical (unpaired) electrons. The summed E-state index contributed by atoms with van der Waals surface area (Å²) in [7, 11) is 0. The van der Waals surface area contributed by atoms with Crippen molar-refractivity contribution in [3.05, 3.63) is 60.2 Å². The van der Waals surface area contributed by atoms with Crippen LogP contribution in [0.3, 0.4) is 0 Å². The average molecular weight is 522 g/mol. The van der Waals surface area contributed by atoms with E-state index in [0.717, 1.165) is 23.5 Å². The largest absolute Gasteiger partial charge is 0.460 e. The molecule has 0 bridgehead atoms. The fourth-order valence-corrected chi connectivity index (χ4v) is 2.59. The number of hydrogen-bond acceptors (Lipinski definition) is 2. The van der Waals surface area contributed by atoms with Gasteiger partial charge < -0.3 is 10.6 Å². The third kappa shape index (κ3) is 5.17. The van der Waals surface area contributed by atoms with E-state index >= 15 is 0 Å². The van der Waals surface area contributed by atoms with Gasteiger partial charge in [0.2, 0.25) is 5.91 Å². The van der Waals surface area contributed by atoms with Crippen LogP contribution in [0.2, 0.25) is 0 Å². The van der Waals surface area contributed by atoms with Gasteiger partial charge in [-0.05, 0) is 17.7 Å². The van der Waals surface area contributed by atoms with E-state index in [0.29, 0.717) is 5.56 Å². The van der Waals surface area contributed by atoms with Crippen molar-refractivity contribution in [2.75, 3.05) is 10.6 Å². The van der Waals surface area contributed by atoms with Crippen molar-refractivity contribution in [3.8, 4) is 0 Å². The van der Waals surface area contributed by atoms with Gasteiger partial charge in [-0.1, -0.05) is 42.5 Å². The molecule has 2 amide bonds. The van der Waals surface area contributed by atoms with Gasteiger partial charge in [-0.2, -0.15) is 48.3 Å². The lowest BCUT2D eigenvalue weighted by Gasteiger charge is -2.36. The molecule has 192 valence electrons. The average Bonchev–Trinajstić information content (AvgIpc) is 2.74. The van der Waals surface area contributed by atoms with Crippen LogP contribution in [-0.4, -0.2) is 41.7 Å². The highest BCUT2D eigenvalue weighted by Crippen LogP contribution is 2.57. The van der Waals surface area contributed by atoms with Crippen LogP contribution in [0.5, 0.6) is 0 Å². The van der Waals surface area contributed by atoms with Gasteiger partial charge in [0.25, 0.3) is 0 Å². The van der Waals surface area contributed by atoms with E-state index in [-0.39, 0.29) is 6.42 Å². The SMILES string of the molecule is O=C(Cc1ccccc1)Nc1ccccc1NC(=O)C(F)(F)C(F)(F)C(F)(F)C(F)(F)C(F)(F)F. The number of rotatable bonds is 8. The minimum atomic E-state index is -7.72. The first kappa shape index (κ1) is 27.9. The maximum Gasteiger partial charge on any atom is 0.460 e. The van der Waals surface area contributed by atoms with Gasteiger partial charge in [-0.25, -0.2) is 0 Å². The first-order valence-corrected chi connectivity index (χ1v) is 9.18. The zero-order chi connectivity index (χ0) is 26.9. The van der Waals surface area contributed by atoms with Crippen molar-refractivity contribution in [2.24, 2.45) is 0 Å². The van der Waals surface area contributed by atoms with E-state index in [4.69, 9.17) is 0 Å². The van der Waals surface area contributed by atoms with Gasteiger partial charge in [0.05, 0.1) is 17.8 Å². The highest BCUT2D eigenvalue weighted by atomic mass is 19.4. The zero-order valence-corrected chi connectivity index (χ0v) is 16.9. The Kier molecular flexibility index (Phi) is 7.43. The Morgan fingerprint density at radius 1 is 0.600 bits per heavy atom. The molecule has 2 N–H and O–H groups in total. The molecule has 15 heteroatoms. The summed E-state index contributed by atoms with van der Waals surface area (Å²) in [6.45, 7) is 0. The van der Waals surface area contributed by atoms with Gasteiger partial charge in [-0.3, -0.25) is 9.59 Å². The number of nitrogens with one attached hydrogen (secondary N) is 2. The molecule has 0 heterocycles. The number of amides is 2. The van der Waals surface area contributed by atoms with Crippen LogP contribution in [-0.2, 0) is 16.0 Å². The minimum Gasteiger partial charge on any atom is -0.324 e. The molecule has 2 rings (SSSR count). The molecule has 0 aliphatic heterocycles. The highest BCUT2D eigenvalue weighted by Gasteiger charge is 2.88. The number of anilines is 2. The Bertz CT molecular complexity index is 1070. The van der Waals surface area contributed by atoms with E-state index in [1.807, 2.05) is 0 Å². The Hall–Kier alpha value is -3.39. The molecular weight excluding hydrogens is 509 g/mol. The van der Waals surface area contributed by atoms with Crippen molar-refractivity contribution in [3.63, 3.8) is 0 Å².